The van der Waals surface area contributed by atoms with Crippen molar-refractivity contribution < 1.29 is 4.79 Å². The summed E-state index contributed by atoms with van der Waals surface area (Å²) in [5.74, 6) is 1.47. The lowest BCUT2D eigenvalue weighted by atomic mass is 10.1. The fourth-order valence-corrected chi connectivity index (χ4v) is 3.05. The number of carbonyl (C=O) groups is 1. The highest BCUT2D eigenvalue weighted by Crippen LogP contribution is 2.33. The molecule has 0 radical (unpaired) electrons. The first-order chi connectivity index (χ1) is 12.2. The minimum Gasteiger partial charge on any atom is -0.326 e. The fourth-order valence-electron chi connectivity index (χ4n) is 3.05. The molecule has 5 nitrogen and oxygen atoms in total. The maximum absolute atomic E-state index is 11.4. The summed E-state index contributed by atoms with van der Waals surface area (Å²) in [6.07, 6.45) is 2.78. The molecular weight excluding hydrogens is 312 g/mol. The Kier molecular flexibility index (Phi) is 3.90. The number of aromatic nitrogens is 2. The number of benzene rings is 2. The van der Waals surface area contributed by atoms with Crippen LogP contribution in [0.15, 0.2) is 60.8 Å². The third kappa shape index (κ3) is 3.08. The summed E-state index contributed by atoms with van der Waals surface area (Å²) >= 11 is 0. The van der Waals surface area contributed by atoms with Gasteiger partial charge in [-0.25, -0.2) is 4.98 Å². The minimum atomic E-state index is 0.0532. The molecular formula is C20H18N4O. The molecule has 1 aromatic heterocycles. The van der Waals surface area contributed by atoms with Gasteiger partial charge in [-0.3, -0.25) is 4.79 Å². The van der Waals surface area contributed by atoms with E-state index in [0.29, 0.717) is 11.5 Å². The molecule has 0 saturated heterocycles. The van der Waals surface area contributed by atoms with Crippen LogP contribution in [0.25, 0.3) is 0 Å². The third-order valence-corrected chi connectivity index (χ3v) is 4.35. The Labute approximate surface area is 146 Å². The number of carbonyl (C=O) groups excluding carboxylic acids is 1. The number of para-hydroxylation sites is 1. The molecule has 124 valence electrons. The number of anilines is 4. The van der Waals surface area contributed by atoms with E-state index < -0.39 is 0 Å². The third-order valence-electron chi connectivity index (χ3n) is 4.35. The van der Waals surface area contributed by atoms with E-state index in [-0.39, 0.29) is 5.78 Å². The second kappa shape index (κ2) is 6.36. The number of hydrogen-bond donors (Lipinski definition) is 1. The van der Waals surface area contributed by atoms with Crippen molar-refractivity contribution in [3.05, 3.63) is 71.9 Å². The molecule has 25 heavy (non-hydrogen) atoms. The van der Waals surface area contributed by atoms with Crippen LogP contribution in [-0.4, -0.2) is 22.3 Å². The Morgan fingerprint density at radius 3 is 2.68 bits per heavy atom. The maximum atomic E-state index is 11.4. The van der Waals surface area contributed by atoms with Crippen molar-refractivity contribution in [2.24, 2.45) is 0 Å². The molecule has 0 spiro atoms. The fraction of sp³-hybridized carbons (Fsp3) is 0.150. The largest absolute Gasteiger partial charge is 0.326 e. The molecule has 0 saturated carbocycles. The Balaban J connectivity index is 1.57. The smallest absolute Gasteiger partial charge is 0.229 e. The molecule has 0 atom stereocenters. The molecule has 3 aromatic rings. The first kappa shape index (κ1) is 15.3. The lowest BCUT2D eigenvalue weighted by Crippen LogP contribution is -2.15. The quantitative estimate of drug-likeness (QED) is 0.729. The molecule has 2 heterocycles. The van der Waals surface area contributed by atoms with E-state index in [0.717, 1.165) is 24.5 Å². The van der Waals surface area contributed by atoms with Gasteiger partial charge in [0.2, 0.25) is 5.95 Å². The summed E-state index contributed by atoms with van der Waals surface area (Å²) in [6.45, 7) is 2.48. The van der Waals surface area contributed by atoms with Crippen LogP contribution in [0.2, 0.25) is 0 Å². The summed E-state index contributed by atoms with van der Waals surface area (Å²) in [5, 5.41) is 3.20. The number of nitrogens with zero attached hydrogens (tertiary/aromatic N) is 3. The summed E-state index contributed by atoms with van der Waals surface area (Å²) in [6, 6.07) is 17.6. The van der Waals surface area contributed by atoms with E-state index in [2.05, 4.69) is 38.4 Å². The van der Waals surface area contributed by atoms with Crippen molar-refractivity contribution in [1.82, 2.24) is 9.97 Å². The first-order valence-electron chi connectivity index (χ1n) is 8.27. The monoisotopic (exact) mass is 330 g/mol. The summed E-state index contributed by atoms with van der Waals surface area (Å²) in [5.41, 5.74) is 4.09. The van der Waals surface area contributed by atoms with Gasteiger partial charge >= 0.3 is 0 Å². The standard InChI is InChI=1S/C20H18N4O/c1-14(25)15-6-8-17(9-7-15)22-20-21-12-10-19(23-20)24-13-11-16-4-2-3-5-18(16)24/h2-10,12H,11,13H2,1H3,(H,21,22,23). The highest BCUT2D eigenvalue weighted by molar-refractivity contribution is 5.94. The van der Waals surface area contributed by atoms with E-state index >= 15 is 0 Å². The van der Waals surface area contributed by atoms with Gasteiger partial charge in [0.15, 0.2) is 5.78 Å². The van der Waals surface area contributed by atoms with Gasteiger partial charge in [0.05, 0.1) is 0 Å². The number of ketones is 1. The highest BCUT2D eigenvalue weighted by Gasteiger charge is 2.20. The summed E-state index contributed by atoms with van der Waals surface area (Å²) < 4.78 is 0. The van der Waals surface area contributed by atoms with Crippen LogP contribution in [0.4, 0.5) is 23.1 Å². The van der Waals surface area contributed by atoms with Crippen molar-refractivity contribution in [2.75, 3.05) is 16.8 Å². The SMILES string of the molecule is CC(=O)c1ccc(Nc2nccc(N3CCc4ccccc43)n2)cc1. The predicted octanol–water partition coefficient (Wildman–Crippen LogP) is 4.12. The van der Waals surface area contributed by atoms with Crippen LogP contribution >= 0.6 is 0 Å². The van der Waals surface area contributed by atoms with Gasteiger partial charge < -0.3 is 10.2 Å². The summed E-state index contributed by atoms with van der Waals surface area (Å²) in [7, 11) is 0. The van der Waals surface area contributed by atoms with Crippen LogP contribution in [0.3, 0.4) is 0 Å². The molecule has 0 unspecified atom stereocenters. The number of rotatable bonds is 4. The van der Waals surface area contributed by atoms with Crippen LogP contribution < -0.4 is 10.2 Å². The van der Waals surface area contributed by atoms with Gasteiger partial charge in [0.1, 0.15) is 5.82 Å². The molecule has 4 rings (SSSR count). The average Bonchev–Trinajstić information content (AvgIpc) is 3.06. The van der Waals surface area contributed by atoms with Crippen LogP contribution in [0.1, 0.15) is 22.8 Å². The van der Waals surface area contributed by atoms with Gasteiger partial charge in [-0.05, 0) is 55.3 Å². The number of nitrogens with one attached hydrogen (secondary N) is 1. The Morgan fingerprint density at radius 2 is 1.88 bits per heavy atom. The zero-order valence-electron chi connectivity index (χ0n) is 13.9. The van der Waals surface area contributed by atoms with Crippen LogP contribution in [0, 0.1) is 0 Å². The molecule has 5 heteroatoms. The minimum absolute atomic E-state index is 0.0532. The second-order valence-corrected chi connectivity index (χ2v) is 6.03. The molecule has 0 bridgehead atoms. The molecule has 0 aliphatic carbocycles. The highest BCUT2D eigenvalue weighted by atomic mass is 16.1. The number of hydrogen-bond acceptors (Lipinski definition) is 5. The summed E-state index contributed by atoms with van der Waals surface area (Å²) in [4.78, 5) is 22.5. The van der Waals surface area contributed by atoms with Crippen LogP contribution in [0.5, 0.6) is 0 Å². The van der Waals surface area contributed by atoms with E-state index in [4.69, 9.17) is 0 Å². The van der Waals surface area contributed by atoms with Crippen molar-refractivity contribution >= 4 is 28.9 Å². The van der Waals surface area contributed by atoms with Gasteiger partial charge in [0.25, 0.3) is 0 Å². The van der Waals surface area contributed by atoms with Crippen LogP contribution in [-0.2, 0) is 6.42 Å². The van der Waals surface area contributed by atoms with Gasteiger partial charge in [0, 0.05) is 29.7 Å². The van der Waals surface area contributed by atoms with Crippen molar-refractivity contribution in [2.45, 2.75) is 13.3 Å². The average molecular weight is 330 g/mol. The second-order valence-electron chi connectivity index (χ2n) is 6.03. The van der Waals surface area contributed by atoms with Gasteiger partial charge in [-0.15, -0.1) is 0 Å². The number of Topliss-reactive ketones (excluding diaryl/α,β-unsaturated/α-hetero) is 1. The van der Waals surface area contributed by atoms with Gasteiger partial charge in [-0.1, -0.05) is 18.2 Å². The molecule has 1 aliphatic heterocycles. The van der Waals surface area contributed by atoms with Crippen molar-refractivity contribution in [3.8, 4) is 0 Å². The Bertz CT molecular complexity index is 921. The van der Waals surface area contributed by atoms with Crippen molar-refractivity contribution in [1.29, 1.82) is 0 Å². The molecule has 2 aromatic carbocycles. The van der Waals surface area contributed by atoms with E-state index in [1.54, 1.807) is 25.3 Å². The Morgan fingerprint density at radius 1 is 1.08 bits per heavy atom. The normalized spacial score (nSPS) is 12.8. The molecule has 0 fully saturated rings. The van der Waals surface area contributed by atoms with Gasteiger partial charge in [-0.2, -0.15) is 4.98 Å². The predicted molar refractivity (Wildman–Crippen MR) is 98.9 cm³/mol. The first-order valence-corrected chi connectivity index (χ1v) is 8.27. The molecule has 1 aliphatic rings. The zero-order chi connectivity index (χ0) is 17.2. The Hall–Kier alpha value is -3.21. The maximum Gasteiger partial charge on any atom is 0.229 e. The van der Waals surface area contributed by atoms with E-state index in [9.17, 15) is 4.79 Å². The lowest BCUT2D eigenvalue weighted by Gasteiger charge is -2.18. The molecule has 1 N–H and O–H groups in total. The number of fused-ring (bicyclic) bond motifs is 1. The zero-order valence-corrected chi connectivity index (χ0v) is 13.9. The lowest BCUT2D eigenvalue weighted by molar-refractivity contribution is 0.101. The van der Waals surface area contributed by atoms with Crippen molar-refractivity contribution in [3.63, 3.8) is 0 Å². The molecule has 0 amide bonds. The topological polar surface area (TPSA) is 58.1 Å². The van der Waals surface area contributed by atoms with E-state index in [1.165, 1.54) is 11.3 Å². The van der Waals surface area contributed by atoms with E-state index in [1.807, 2.05) is 24.3 Å².